The van der Waals surface area contributed by atoms with Crippen LogP contribution in [0.1, 0.15) is 20.8 Å². The molecule has 0 bridgehead atoms. The molecule has 3 unspecified atom stereocenters. The lowest BCUT2D eigenvalue weighted by atomic mass is 10.2. The molecule has 0 spiro atoms. The van der Waals surface area contributed by atoms with Crippen molar-refractivity contribution < 1.29 is 9.53 Å². The molecule has 0 radical (unpaired) electrons. The van der Waals surface area contributed by atoms with Gasteiger partial charge in [-0.15, -0.1) is 0 Å². The van der Waals surface area contributed by atoms with Crippen LogP contribution in [0.2, 0.25) is 0 Å². The molecular formula is C24H27O2P3. The quantitative estimate of drug-likeness (QED) is 0.382. The number of benzene rings is 3. The van der Waals surface area contributed by atoms with Crippen molar-refractivity contribution in [2.75, 3.05) is 0 Å². The van der Waals surface area contributed by atoms with Gasteiger partial charge in [0.15, 0.2) is 0 Å². The molecule has 29 heavy (non-hydrogen) atoms. The van der Waals surface area contributed by atoms with Crippen molar-refractivity contribution in [2.24, 2.45) is 0 Å². The summed E-state index contributed by atoms with van der Waals surface area (Å²) in [5.74, 6) is -0.100. The second kappa shape index (κ2) is 9.95. The Balaban J connectivity index is 2.06. The molecule has 5 heteroatoms. The summed E-state index contributed by atoms with van der Waals surface area (Å²) < 4.78 is 5.40. The number of rotatable bonds is 7. The number of hydrogen-bond donors (Lipinski definition) is 0. The van der Waals surface area contributed by atoms with Crippen LogP contribution in [0.3, 0.4) is 0 Å². The van der Waals surface area contributed by atoms with Crippen LogP contribution < -0.4 is 15.9 Å². The highest BCUT2D eigenvalue weighted by atomic mass is 31.2. The minimum Gasteiger partial charge on any atom is -0.459 e. The van der Waals surface area contributed by atoms with Crippen molar-refractivity contribution in [3.63, 3.8) is 0 Å². The summed E-state index contributed by atoms with van der Waals surface area (Å²) in [5.41, 5.74) is -0.522. The van der Waals surface area contributed by atoms with E-state index in [4.69, 9.17) is 4.74 Å². The average molecular weight is 440 g/mol. The van der Waals surface area contributed by atoms with Gasteiger partial charge in [-0.1, -0.05) is 117 Å². The van der Waals surface area contributed by atoms with Gasteiger partial charge in [0.05, 0.1) is 0 Å². The van der Waals surface area contributed by atoms with E-state index in [1.165, 1.54) is 15.9 Å². The first kappa shape index (κ1) is 22.1. The van der Waals surface area contributed by atoms with Crippen LogP contribution in [0.15, 0.2) is 91.0 Å². The summed E-state index contributed by atoms with van der Waals surface area (Å²) >= 11 is 0. The normalized spacial score (nSPS) is 14.7. The van der Waals surface area contributed by atoms with Gasteiger partial charge >= 0.3 is 5.97 Å². The molecule has 0 fully saturated rings. The third-order valence-corrected chi connectivity index (χ3v) is 9.88. The summed E-state index contributed by atoms with van der Waals surface area (Å²) in [5, 5.41) is 3.56. The number of ether oxygens (including phenoxy) is 1. The van der Waals surface area contributed by atoms with Crippen LogP contribution in [-0.4, -0.2) is 16.2 Å². The molecule has 0 saturated carbocycles. The Morgan fingerprint density at radius 3 is 1.21 bits per heavy atom. The molecule has 0 amide bonds. The van der Waals surface area contributed by atoms with E-state index in [9.17, 15) is 4.79 Å². The molecule has 3 rings (SSSR count). The lowest BCUT2D eigenvalue weighted by Crippen LogP contribution is -2.37. The van der Waals surface area contributed by atoms with Crippen LogP contribution in [0.5, 0.6) is 0 Å². The highest BCUT2D eigenvalue weighted by Gasteiger charge is 2.42. The van der Waals surface area contributed by atoms with E-state index in [-0.39, 0.29) is 5.97 Å². The van der Waals surface area contributed by atoms with E-state index in [1.807, 2.05) is 75.4 Å². The van der Waals surface area contributed by atoms with Gasteiger partial charge < -0.3 is 4.74 Å². The molecule has 2 nitrogen and oxygen atoms in total. The highest BCUT2D eigenvalue weighted by Crippen LogP contribution is 2.58. The van der Waals surface area contributed by atoms with Gasteiger partial charge in [0.25, 0.3) is 0 Å². The van der Waals surface area contributed by atoms with E-state index >= 15 is 0 Å². The van der Waals surface area contributed by atoms with Crippen molar-refractivity contribution in [1.29, 1.82) is 0 Å². The van der Waals surface area contributed by atoms with Gasteiger partial charge in [-0.05, 0) is 36.7 Å². The van der Waals surface area contributed by atoms with Gasteiger partial charge in [-0.3, -0.25) is 4.79 Å². The predicted octanol–water partition coefficient (Wildman–Crippen LogP) is 4.99. The Morgan fingerprint density at radius 1 is 0.621 bits per heavy atom. The molecule has 0 saturated heterocycles. The molecule has 0 aliphatic heterocycles. The summed E-state index contributed by atoms with van der Waals surface area (Å²) in [6.07, 6.45) is 0. The van der Waals surface area contributed by atoms with Crippen LogP contribution in [-0.2, 0) is 9.53 Å². The smallest absolute Gasteiger partial charge is 0.325 e. The number of hydrogen-bond acceptors (Lipinski definition) is 2. The van der Waals surface area contributed by atoms with Crippen molar-refractivity contribution in [1.82, 2.24) is 0 Å². The molecule has 150 valence electrons. The minimum atomic E-state index is -0.600. The van der Waals surface area contributed by atoms with Gasteiger partial charge in [0.1, 0.15) is 10.2 Å². The molecule has 0 N–H and O–H groups in total. The summed E-state index contributed by atoms with van der Waals surface area (Å²) in [7, 11) is 1.000. The van der Waals surface area contributed by atoms with Crippen LogP contribution >= 0.6 is 25.7 Å². The molecule has 3 atom stereocenters. The first-order valence-corrected chi connectivity index (χ1v) is 12.6. The van der Waals surface area contributed by atoms with Gasteiger partial charge in [0.2, 0.25) is 0 Å². The second-order valence-corrected chi connectivity index (χ2v) is 14.0. The molecule has 3 aromatic rings. The maximum Gasteiger partial charge on any atom is 0.325 e. The zero-order valence-electron chi connectivity index (χ0n) is 17.0. The fourth-order valence-electron chi connectivity index (χ4n) is 2.82. The Morgan fingerprint density at radius 2 is 0.931 bits per heavy atom. The lowest BCUT2D eigenvalue weighted by molar-refractivity contribution is -0.153. The largest absolute Gasteiger partial charge is 0.459 e. The highest BCUT2D eigenvalue weighted by molar-refractivity contribution is 7.85. The Kier molecular flexibility index (Phi) is 7.59. The average Bonchev–Trinajstić information content (AvgIpc) is 2.69. The predicted molar refractivity (Wildman–Crippen MR) is 132 cm³/mol. The van der Waals surface area contributed by atoms with Crippen molar-refractivity contribution in [3.8, 4) is 0 Å². The van der Waals surface area contributed by atoms with Crippen molar-refractivity contribution >= 4 is 47.6 Å². The summed E-state index contributed by atoms with van der Waals surface area (Å²) in [4.78, 5) is 13.7. The third-order valence-electron chi connectivity index (χ3n) is 4.02. The molecule has 0 aromatic heterocycles. The van der Waals surface area contributed by atoms with Crippen LogP contribution in [0, 0.1) is 0 Å². The summed E-state index contributed by atoms with van der Waals surface area (Å²) in [6.45, 7) is 5.83. The molecular weight excluding hydrogens is 413 g/mol. The Bertz CT molecular complexity index is 806. The minimum absolute atomic E-state index is 0.100. The number of carbonyl (C=O) groups is 1. The molecule has 0 aliphatic rings. The number of carbonyl (C=O) groups excluding carboxylic acids is 1. The van der Waals surface area contributed by atoms with Crippen molar-refractivity contribution in [2.45, 2.75) is 31.0 Å². The fraction of sp³-hybridized carbons (Fsp3) is 0.208. The standard InChI is InChI=1S/C24H27O2P3/c1-23(2,3)26-22(25)24(27-19-13-7-4-8-14-19,28-20-15-9-5-10-16-20)29-21-17-11-6-12-18-21/h4-18,27-29H,1-3H3. The molecule has 3 aromatic carbocycles. The zero-order chi connectivity index (χ0) is 20.7. The zero-order valence-corrected chi connectivity index (χ0v) is 20.0. The fourth-order valence-corrected chi connectivity index (χ4v) is 9.00. The van der Waals surface area contributed by atoms with E-state index in [0.717, 1.165) is 0 Å². The van der Waals surface area contributed by atoms with Gasteiger partial charge in [0, 0.05) is 0 Å². The SMILES string of the molecule is CC(C)(C)OC(=O)C(Pc1ccccc1)(Pc1ccccc1)Pc1ccccc1. The molecule has 0 heterocycles. The van der Waals surface area contributed by atoms with Crippen molar-refractivity contribution in [3.05, 3.63) is 91.0 Å². The second-order valence-electron chi connectivity index (χ2n) is 7.72. The Hall–Kier alpha value is -1.58. The third kappa shape index (κ3) is 6.72. The maximum atomic E-state index is 13.7. The lowest BCUT2D eigenvalue weighted by Gasteiger charge is -2.35. The maximum absolute atomic E-state index is 13.7. The summed E-state index contributed by atoms with van der Waals surface area (Å²) in [6, 6.07) is 31.0. The van der Waals surface area contributed by atoms with Gasteiger partial charge in [-0.2, -0.15) is 0 Å². The van der Waals surface area contributed by atoms with Crippen LogP contribution in [0.4, 0.5) is 0 Å². The number of esters is 1. The van der Waals surface area contributed by atoms with E-state index in [1.54, 1.807) is 0 Å². The Labute approximate surface area is 179 Å². The topological polar surface area (TPSA) is 26.3 Å². The first-order valence-electron chi connectivity index (χ1n) is 9.59. The monoisotopic (exact) mass is 440 g/mol. The van der Waals surface area contributed by atoms with Crippen LogP contribution in [0.25, 0.3) is 0 Å². The van der Waals surface area contributed by atoms with Gasteiger partial charge in [-0.25, -0.2) is 0 Å². The van der Waals surface area contributed by atoms with E-state index in [0.29, 0.717) is 25.7 Å². The van der Waals surface area contributed by atoms with E-state index in [2.05, 4.69) is 36.4 Å². The van der Waals surface area contributed by atoms with E-state index < -0.39 is 10.2 Å². The first-order chi connectivity index (χ1) is 13.9. The molecule has 0 aliphatic carbocycles.